The highest BCUT2D eigenvalue weighted by molar-refractivity contribution is 7.07. The summed E-state index contributed by atoms with van der Waals surface area (Å²) in [5.41, 5.74) is 2.81. The van der Waals surface area contributed by atoms with E-state index in [4.69, 9.17) is 0 Å². The van der Waals surface area contributed by atoms with Crippen LogP contribution in [0.25, 0.3) is 5.65 Å². The molecular formula is C16H18N6O2S. The Labute approximate surface area is 147 Å². The fraction of sp³-hybridized carbons (Fsp3) is 0.438. The quantitative estimate of drug-likeness (QED) is 0.749. The predicted octanol–water partition coefficient (Wildman–Crippen LogP) is 1.51. The first-order chi connectivity index (χ1) is 12.0. The molecular weight excluding hydrogens is 340 g/mol. The Bertz CT molecular complexity index is 1000. The van der Waals surface area contributed by atoms with Crippen LogP contribution in [0.5, 0.6) is 0 Å². The molecule has 4 heterocycles. The summed E-state index contributed by atoms with van der Waals surface area (Å²) in [7, 11) is 0. The minimum atomic E-state index is -0.121. The second-order valence-electron chi connectivity index (χ2n) is 6.42. The van der Waals surface area contributed by atoms with Crippen LogP contribution in [-0.2, 0) is 0 Å². The zero-order chi connectivity index (χ0) is 17.6. The number of hydrogen-bond donors (Lipinski definition) is 1. The van der Waals surface area contributed by atoms with Crippen molar-refractivity contribution in [3.8, 4) is 0 Å². The summed E-state index contributed by atoms with van der Waals surface area (Å²) in [5, 5.41) is 7.07. The van der Waals surface area contributed by atoms with E-state index in [9.17, 15) is 9.59 Å². The van der Waals surface area contributed by atoms with Gasteiger partial charge in [-0.15, -0.1) is 5.10 Å². The Morgan fingerprint density at radius 1 is 1.36 bits per heavy atom. The molecule has 1 fully saturated rings. The predicted molar refractivity (Wildman–Crippen MR) is 93.1 cm³/mol. The van der Waals surface area contributed by atoms with Crippen molar-refractivity contribution in [1.29, 1.82) is 0 Å². The van der Waals surface area contributed by atoms with Gasteiger partial charge in [-0.1, -0.05) is 4.49 Å². The Balaban J connectivity index is 1.61. The molecule has 3 aromatic heterocycles. The smallest absolute Gasteiger partial charge is 0.272 e. The van der Waals surface area contributed by atoms with Crippen LogP contribution < -0.4 is 5.56 Å². The number of piperidine rings is 1. The average Bonchev–Trinajstić information content (AvgIpc) is 3.20. The lowest BCUT2D eigenvalue weighted by molar-refractivity contribution is 0.0710. The zero-order valence-electron chi connectivity index (χ0n) is 14.0. The third kappa shape index (κ3) is 2.84. The molecule has 9 heteroatoms. The Morgan fingerprint density at radius 3 is 2.96 bits per heavy atom. The summed E-state index contributed by atoms with van der Waals surface area (Å²) < 4.78 is 5.31. The lowest BCUT2D eigenvalue weighted by Gasteiger charge is -2.31. The van der Waals surface area contributed by atoms with Crippen molar-refractivity contribution in [2.24, 2.45) is 0 Å². The van der Waals surface area contributed by atoms with E-state index in [1.54, 1.807) is 13.8 Å². The minimum absolute atomic E-state index is 0.0144. The number of carbonyl (C=O) groups is 1. The van der Waals surface area contributed by atoms with E-state index in [0.29, 0.717) is 28.5 Å². The van der Waals surface area contributed by atoms with E-state index >= 15 is 0 Å². The van der Waals surface area contributed by atoms with Gasteiger partial charge in [0.15, 0.2) is 5.65 Å². The highest BCUT2D eigenvalue weighted by Gasteiger charge is 2.28. The number of rotatable bonds is 2. The molecule has 0 aromatic carbocycles. The van der Waals surface area contributed by atoms with Crippen molar-refractivity contribution in [1.82, 2.24) is 29.1 Å². The second kappa shape index (κ2) is 6.07. The summed E-state index contributed by atoms with van der Waals surface area (Å²) in [4.78, 5) is 31.6. The van der Waals surface area contributed by atoms with E-state index < -0.39 is 0 Å². The first kappa shape index (κ1) is 15.9. The molecule has 0 saturated carbocycles. The number of hydrogen-bond acceptors (Lipinski definition) is 6. The largest absolute Gasteiger partial charge is 0.337 e. The minimum Gasteiger partial charge on any atom is -0.337 e. The molecule has 1 N–H and O–H groups in total. The maximum atomic E-state index is 12.7. The van der Waals surface area contributed by atoms with E-state index in [1.807, 2.05) is 11.0 Å². The Kier molecular flexibility index (Phi) is 3.87. The van der Waals surface area contributed by atoms with Crippen molar-refractivity contribution in [3.05, 3.63) is 44.4 Å². The van der Waals surface area contributed by atoms with Crippen molar-refractivity contribution in [3.63, 3.8) is 0 Å². The summed E-state index contributed by atoms with van der Waals surface area (Å²) in [6, 6.07) is 3.41. The molecule has 1 amide bonds. The van der Waals surface area contributed by atoms with Gasteiger partial charge in [-0.3, -0.25) is 14.7 Å². The number of aromatic nitrogens is 5. The zero-order valence-corrected chi connectivity index (χ0v) is 14.8. The fourth-order valence-electron chi connectivity index (χ4n) is 3.32. The SMILES string of the molecule is Cc1cc(=O)n2[nH]c([C@H]3CCCN(C(=O)c4snnc4C)C3)cc2n1. The molecule has 1 atom stereocenters. The summed E-state index contributed by atoms with van der Waals surface area (Å²) in [5.74, 6) is 0.139. The third-order valence-electron chi connectivity index (χ3n) is 4.59. The molecule has 8 nitrogen and oxygen atoms in total. The number of nitrogens with one attached hydrogen (secondary N) is 1. The van der Waals surface area contributed by atoms with Crippen molar-refractivity contribution in [2.75, 3.05) is 13.1 Å². The van der Waals surface area contributed by atoms with Gasteiger partial charge in [-0.05, 0) is 38.2 Å². The maximum Gasteiger partial charge on any atom is 0.272 e. The molecule has 0 bridgehead atoms. The Morgan fingerprint density at radius 2 is 2.20 bits per heavy atom. The van der Waals surface area contributed by atoms with Gasteiger partial charge in [0, 0.05) is 42.5 Å². The van der Waals surface area contributed by atoms with Gasteiger partial charge in [0.25, 0.3) is 11.5 Å². The Hall–Kier alpha value is -2.55. The standard InChI is InChI=1S/C16H18N6O2S/c1-9-6-14(23)22-13(17-9)7-12(19-22)11-4-3-5-21(8-11)16(24)15-10(2)18-20-25-15/h6-7,11,19H,3-5,8H2,1-2H3/t11-/m0/s1. The molecule has 0 spiro atoms. The van der Waals surface area contributed by atoms with Crippen LogP contribution in [0.4, 0.5) is 0 Å². The van der Waals surface area contributed by atoms with E-state index in [0.717, 1.165) is 36.6 Å². The number of H-pyrrole nitrogens is 1. The van der Waals surface area contributed by atoms with Crippen molar-refractivity contribution in [2.45, 2.75) is 32.6 Å². The maximum absolute atomic E-state index is 12.7. The van der Waals surface area contributed by atoms with Crippen molar-refractivity contribution >= 4 is 23.1 Å². The van der Waals surface area contributed by atoms with E-state index in [1.165, 1.54) is 10.6 Å². The van der Waals surface area contributed by atoms with E-state index in [2.05, 4.69) is 19.7 Å². The van der Waals surface area contributed by atoms with Gasteiger partial charge in [0.1, 0.15) is 4.88 Å². The molecule has 3 aromatic rings. The highest BCUT2D eigenvalue weighted by atomic mass is 32.1. The molecule has 1 saturated heterocycles. The first-order valence-electron chi connectivity index (χ1n) is 8.20. The van der Waals surface area contributed by atoms with Crippen LogP contribution in [0.1, 0.15) is 45.5 Å². The lowest BCUT2D eigenvalue weighted by Crippen LogP contribution is -2.39. The van der Waals surface area contributed by atoms with Crippen molar-refractivity contribution < 1.29 is 4.79 Å². The van der Waals surface area contributed by atoms with Gasteiger partial charge in [-0.25, -0.2) is 9.50 Å². The molecule has 1 aliphatic heterocycles. The van der Waals surface area contributed by atoms with Crippen LogP contribution in [0.15, 0.2) is 16.9 Å². The normalized spacial score (nSPS) is 18.0. The van der Waals surface area contributed by atoms with Crippen LogP contribution >= 0.6 is 11.5 Å². The van der Waals surface area contributed by atoms with Crippen LogP contribution in [-0.4, -0.2) is 48.1 Å². The monoisotopic (exact) mass is 358 g/mol. The number of nitrogens with zero attached hydrogens (tertiary/aromatic N) is 5. The van der Waals surface area contributed by atoms with Gasteiger partial charge < -0.3 is 4.90 Å². The second-order valence-corrected chi connectivity index (χ2v) is 7.17. The van der Waals surface area contributed by atoms with Gasteiger partial charge >= 0.3 is 0 Å². The topological polar surface area (TPSA) is 96.2 Å². The van der Waals surface area contributed by atoms with Gasteiger partial charge in [0.05, 0.1) is 5.69 Å². The molecule has 0 unspecified atom stereocenters. The molecule has 130 valence electrons. The molecule has 4 rings (SSSR count). The highest BCUT2D eigenvalue weighted by Crippen LogP contribution is 2.28. The number of fused-ring (bicyclic) bond motifs is 1. The van der Waals surface area contributed by atoms with Crippen LogP contribution in [0.2, 0.25) is 0 Å². The first-order valence-corrected chi connectivity index (χ1v) is 8.98. The molecule has 0 aliphatic carbocycles. The molecule has 1 aliphatic rings. The molecule has 25 heavy (non-hydrogen) atoms. The lowest BCUT2D eigenvalue weighted by atomic mass is 9.94. The number of carbonyl (C=O) groups excluding carboxylic acids is 1. The number of aromatic amines is 1. The fourth-order valence-corrected chi connectivity index (χ4v) is 3.95. The number of amides is 1. The number of aryl methyl sites for hydroxylation is 2. The third-order valence-corrected chi connectivity index (χ3v) is 5.41. The number of likely N-dealkylation sites (tertiary alicyclic amines) is 1. The van der Waals surface area contributed by atoms with Gasteiger partial charge in [0.2, 0.25) is 0 Å². The summed E-state index contributed by atoms with van der Waals surface area (Å²) >= 11 is 1.14. The van der Waals surface area contributed by atoms with Gasteiger partial charge in [-0.2, -0.15) is 0 Å². The van der Waals surface area contributed by atoms with E-state index in [-0.39, 0.29) is 17.4 Å². The van der Waals surface area contributed by atoms with Crippen LogP contribution in [0, 0.1) is 13.8 Å². The summed E-state index contributed by atoms with van der Waals surface area (Å²) in [6.45, 7) is 4.94. The average molecular weight is 358 g/mol. The summed E-state index contributed by atoms with van der Waals surface area (Å²) in [6.07, 6.45) is 1.88. The molecule has 0 radical (unpaired) electrons. The van der Waals surface area contributed by atoms with Crippen LogP contribution in [0.3, 0.4) is 0 Å².